The van der Waals surface area contributed by atoms with Crippen LogP contribution in [-0.4, -0.2) is 56.2 Å². The number of hydrogen-bond donors (Lipinski definition) is 1. The molecule has 2 aliphatic heterocycles. The largest absolute Gasteiger partial charge is 0.491 e. The standard InChI is InChI=1S/C16H18N2O4/c1-21-14(19)6-5-11-3-2-4-13-15(11)16(20)18-8-7-17-9-12(18)10-22-13/h2-6,12,17H,7-10H2,1H3/b6-5+. The fourth-order valence-corrected chi connectivity index (χ4v) is 2.77. The van der Waals surface area contributed by atoms with Gasteiger partial charge in [-0.15, -0.1) is 0 Å². The predicted octanol–water partition coefficient (Wildman–Crippen LogP) is 0.679. The number of esters is 1. The van der Waals surface area contributed by atoms with Gasteiger partial charge in [0.15, 0.2) is 0 Å². The molecule has 1 fully saturated rings. The molecule has 1 amide bonds. The molecule has 6 heteroatoms. The summed E-state index contributed by atoms with van der Waals surface area (Å²) >= 11 is 0. The molecule has 116 valence electrons. The monoisotopic (exact) mass is 302 g/mol. The molecule has 3 rings (SSSR count). The van der Waals surface area contributed by atoms with Crippen molar-refractivity contribution in [2.75, 3.05) is 33.4 Å². The van der Waals surface area contributed by atoms with Gasteiger partial charge in [-0.25, -0.2) is 4.79 Å². The van der Waals surface area contributed by atoms with E-state index < -0.39 is 5.97 Å². The summed E-state index contributed by atoms with van der Waals surface area (Å²) in [6.45, 7) is 2.63. The molecule has 22 heavy (non-hydrogen) atoms. The molecule has 0 aliphatic carbocycles. The van der Waals surface area contributed by atoms with Crippen molar-refractivity contribution in [2.24, 2.45) is 0 Å². The Morgan fingerprint density at radius 1 is 1.50 bits per heavy atom. The zero-order valence-corrected chi connectivity index (χ0v) is 12.4. The second-order valence-corrected chi connectivity index (χ2v) is 5.24. The van der Waals surface area contributed by atoms with Gasteiger partial charge in [-0.05, 0) is 17.7 Å². The minimum Gasteiger partial charge on any atom is -0.491 e. The molecule has 0 saturated carbocycles. The summed E-state index contributed by atoms with van der Waals surface area (Å²) in [4.78, 5) is 26.0. The van der Waals surface area contributed by atoms with Gasteiger partial charge in [0.1, 0.15) is 12.4 Å². The van der Waals surface area contributed by atoms with Gasteiger partial charge in [-0.1, -0.05) is 12.1 Å². The van der Waals surface area contributed by atoms with Crippen molar-refractivity contribution in [1.29, 1.82) is 0 Å². The highest BCUT2D eigenvalue weighted by Gasteiger charge is 2.33. The topological polar surface area (TPSA) is 67.9 Å². The van der Waals surface area contributed by atoms with E-state index in [0.717, 1.165) is 13.1 Å². The van der Waals surface area contributed by atoms with Crippen molar-refractivity contribution in [3.63, 3.8) is 0 Å². The van der Waals surface area contributed by atoms with E-state index in [-0.39, 0.29) is 11.9 Å². The average molecular weight is 302 g/mol. The second-order valence-electron chi connectivity index (χ2n) is 5.24. The van der Waals surface area contributed by atoms with E-state index in [1.165, 1.54) is 13.2 Å². The van der Waals surface area contributed by atoms with Crippen LogP contribution in [-0.2, 0) is 9.53 Å². The first-order valence-corrected chi connectivity index (χ1v) is 7.24. The lowest BCUT2D eigenvalue weighted by atomic mass is 10.0. The number of piperazine rings is 1. The Bertz CT molecular complexity index is 627. The van der Waals surface area contributed by atoms with E-state index >= 15 is 0 Å². The van der Waals surface area contributed by atoms with Gasteiger partial charge in [0.05, 0.1) is 18.7 Å². The van der Waals surface area contributed by atoms with Crippen LogP contribution < -0.4 is 10.1 Å². The zero-order chi connectivity index (χ0) is 15.5. The highest BCUT2D eigenvalue weighted by atomic mass is 16.5. The number of amides is 1. The Kier molecular flexibility index (Phi) is 4.11. The number of methoxy groups -OCH3 is 1. The van der Waals surface area contributed by atoms with E-state index in [2.05, 4.69) is 10.1 Å². The first-order chi connectivity index (χ1) is 10.7. The van der Waals surface area contributed by atoms with Crippen molar-refractivity contribution in [3.8, 4) is 5.75 Å². The minimum absolute atomic E-state index is 0.0334. The lowest BCUT2D eigenvalue weighted by Gasteiger charge is -2.34. The maximum atomic E-state index is 12.9. The van der Waals surface area contributed by atoms with Gasteiger partial charge in [0.25, 0.3) is 5.91 Å². The number of nitrogens with zero attached hydrogens (tertiary/aromatic N) is 1. The quantitative estimate of drug-likeness (QED) is 0.643. The maximum Gasteiger partial charge on any atom is 0.330 e. The lowest BCUT2D eigenvalue weighted by Crippen LogP contribution is -2.54. The molecule has 0 aromatic heterocycles. The molecule has 0 spiro atoms. The summed E-state index contributed by atoms with van der Waals surface area (Å²) in [6, 6.07) is 5.42. The van der Waals surface area contributed by atoms with Gasteiger partial charge >= 0.3 is 5.97 Å². The van der Waals surface area contributed by atoms with Crippen LogP contribution in [0.15, 0.2) is 24.3 Å². The normalized spacial score (nSPS) is 20.9. The van der Waals surface area contributed by atoms with Crippen LogP contribution in [0.4, 0.5) is 0 Å². The smallest absolute Gasteiger partial charge is 0.330 e. The van der Waals surface area contributed by atoms with Gasteiger partial charge < -0.3 is 19.7 Å². The molecular formula is C16H18N2O4. The van der Waals surface area contributed by atoms with Crippen molar-refractivity contribution in [3.05, 3.63) is 35.4 Å². The van der Waals surface area contributed by atoms with Crippen molar-refractivity contribution < 1.29 is 19.1 Å². The second kappa shape index (κ2) is 6.19. The first-order valence-electron chi connectivity index (χ1n) is 7.24. The number of hydrogen-bond acceptors (Lipinski definition) is 5. The molecule has 6 nitrogen and oxygen atoms in total. The molecule has 1 atom stereocenters. The van der Waals surface area contributed by atoms with Crippen molar-refractivity contribution >= 4 is 18.0 Å². The summed E-state index contributed by atoms with van der Waals surface area (Å²) in [6.07, 6.45) is 2.90. The molecule has 1 unspecified atom stereocenters. The zero-order valence-electron chi connectivity index (χ0n) is 12.4. The van der Waals surface area contributed by atoms with Crippen LogP contribution in [0.3, 0.4) is 0 Å². The third-order valence-corrected chi connectivity index (χ3v) is 3.91. The Balaban J connectivity index is 1.98. The lowest BCUT2D eigenvalue weighted by molar-refractivity contribution is -0.134. The average Bonchev–Trinajstić information content (AvgIpc) is 2.71. The molecule has 0 radical (unpaired) electrons. The number of fused-ring (bicyclic) bond motifs is 2. The number of benzene rings is 1. The number of rotatable bonds is 2. The van der Waals surface area contributed by atoms with Crippen LogP contribution >= 0.6 is 0 Å². The maximum absolute atomic E-state index is 12.9. The van der Waals surface area contributed by atoms with Crippen molar-refractivity contribution in [1.82, 2.24) is 10.2 Å². The fraction of sp³-hybridized carbons (Fsp3) is 0.375. The van der Waals surface area contributed by atoms with Gasteiger partial charge in [-0.2, -0.15) is 0 Å². The van der Waals surface area contributed by atoms with Gasteiger partial charge in [0, 0.05) is 25.7 Å². The van der Waals surface area contributed by atoms with E-state index in [1.807, 2.05) is 11.0 Å². The van der Waals surface area contributed by atoms with E-state index in [0.29, 0.717) is 30.0 Å². The molecule has 1 aromatic rings. The Hall–Kier alpha value is -2.34. The number of carbonyl (C=O) groups is 2. The van der Waals surface area contributed by atoms with Crippen LogP contribution in [0.2, 0.25) is 0 Å². The Labute approximate surface area is 128 Å². The molecule has 1 aromatic carbocycles. The van der Waals surface area contributed by atoms with Crippen LogP contribution in [0.1, 0.15) is 15.9 Å². The van der Waals surface area contributed by atoms with E-state index in [1.54, 1.807) is 18.2 Å². The molecular weight excluding hydrogens is 284 g/mol. The Morgan fingerprint density at radius 2 is 2.36 bits per heavy atom. The number of carbonyl (C=O) groups excluding carboxylic acids is 2. The molecule has 0 bridgehead atoms. The van der Waals surface area contributed by atoms with Crippen LogP contribution in [0, 0.1) is 0 Å². The summed E-state index contributed by atoms with van der Waals surface area (Å²) < 4.78 is 10.4. The van der Waals surface area contributed by atoms with E-state index in [4.69, 9.17) is 4.74 Å². The Morgan fingerprint density at radius 3 is 3.18 bits per heavy atom. The summed E-state index contributed by atoms with van der Waals surface area (Å²) in [5.41, 5.74) is 1.17. The number of nitrogens with one attached hydrogen (secondary N) is 1. The summed E-state index contributed by atoms with van der Waals surface area (Å²) in [7, 11) is 1.32. The summed E-state index contributed by atoms with van der Waals surface area (Å²) in [5, 5.41) is 3.27. The first kappa shape index (κ1) is 14.6. The highest BCUT2D eigenvalue weighted by Crippen LogP contribution is 2.29. The van der Waals surface area contributed by atoms with Gasteiger partial charge in [-0.3, -0.25) is 4.79 Å². The predicted molar refractivity (Wildman–Crippen MR) is 80.7 cm³/mol. The third-order valence-electron chi connectivity index (χ3n) is 3.91. The van der Waals surface area contributed by atoms with Crippen LogP contribution in [0.25, 0.3) is 6.08 Å². The third kappa shape index (κ3) is 2.69. The fourth-order valence-electron chi connectivity index (χ4n) is 2.77. The minimum atomic E-state index is -0.459. The van der Waals surface area contributed by atoms with Gasteiger partial charge in [0.2, 0.25) is 0 Å². The molecule has 1 N–H and O–H groups in total. The molecule has 2 heterocycles. The SMILES string of the molecule is COC(=O)/C=C/c1cccc2c1C(=O)N1CCNCC1CO2. The molecule has 1 saturated heterocycles. The summed E-state index contributed by atoms with van der Waals surface area (Å²) in [5.74, 6) is 0.0511. The van der Waals surface area contributed by atoms with Crippen molar-refractivity contribution in [2.45, 2.75) is 6.04 Å². The number of ether oxygens (including phenoxy) is 2. The highest BCUT2D eigenvalue weighted by molar-refractivity contribution is 6.02. The molecule has 2 aliphatic rings. The van der Waals surface area contributed by atoms with Crippen LogP contribution in [0.5, 0.6) is 5.75 Å². The van der Waals surface area contributed by atoms with E-state index in [9.17, 15) is 9.59 Å².